The number of fused-ring (bicyclic) bond motifs is 3. The number of rotatable bonds is 5. The van der Waals surface area contributed by atoms with E-state index in [0.717, 1.165) is 35.2 Å². The molecule has 1 N–H and O–H groups in total. The Hall–Kier alpha value is -2.12. The molecule has 0 unspecified atom stereocenters. The Kier molecular flexibility index (Phi) is 5.55. The Morgan fingerprint density at radius 2 is 2.14 bits per heavy atom. The van der Waals surface area contributed by atoms with Crippen molar-refractivity contribution in [3.05, 3.63) is 51.1 Å². The Balaban J connectivity index is 1.86. The molecule has 1 aliphatic carbocycles. The van der Waals surface area contributed by atoms with Gasteiger partial charge in [-0.2, -0.15) is 0 Å². The summed E-state index contributed by atoms with van der Waals surface area (Å²) in [5.74, 6) is 0.824. The maximum atomic E-state index is 13.6. The second-order valence-corrected chi connectivity index (χ2v) is 9.17. The molecule has 5 nitrogen and oxygen atoms in total. The minimum atomic E-state index is -0.0549. The third-order valence-electron chi connectivity index (χ3n) is 5.02. The fraction of sp³-hybridized carbons (Fsp3) is 0.381. The third kappa shape index (κ3) is 3.61. The van der Waals surface area contributed by atoms with Gasteiger partial charge in [-0.15, -0.1) is 11.3 Å². The predicted molar refractivity (Wildman–Crippen MR) is 116 cm³/mol. The Morgan fingerprint density at radius 1 is 1.36 bits per heavy atom. The van der Waals surface area contributed by atoms with Crippen molar-refractivity contribution in [2.45, 2.75) is 38.3 Å². The number of nitrogens with one attached hydrogen (secondary N) is 1. The van der Waals surface area contributed by atoms with Crippen molar-refractivity contribution >= 4 is 39.2 Å². The molecule has 0 fully saturated rings. The number of hydrogen-bond acceptors (Lipinski definition) is 5. The number of amides is 1. The van der Waals surface area contributed by atoms with Crippen LogP contribution >= 0.6 is 23.1 Å². The van der Waals surface area contributed by atoms with Crippen LogP contribution in [-0.2, 0) is 17.6 Å². The summed E-state index contributed by atoms with van der Waals surface area (Å²) in [4.78, 5) is 32.4. The molecule has 146 valence electrons. The summed E-state index contributed by atoms with van der Waals surface area (Å²) in [6.07, 6.45) is 3.06. The SMILES string of the molecule is CCNC(=O)CSc1nc2sc3c(c2c(=O)n1-c1ccccc1)CC[C@H](C)C3. The second kappa shape index (κ2) is 8.09. The van der Waals surface area contributed by atoms with E-state index in [-0.39, 0.29) is 17.2 Å². The summed E-state index contributed by atoms with van der Waals surface area (Å²) in [6.45, 7) is 4.74. The molecule has 0 spiro atoms. The van der Waals surface area contributed by atoms with E-state index in [4.69, 9.17) is 4.98 Å². The van der Waals surface area contributed by atoms with Gasteiger partial charge in [0.15, 0.2) is 5.16 Å². The maximum absolute atomic E-state index is 13.6. The highest BCUT2D eigenvalue weighted by atomic mass is 32.2. The summed E-state index contributed by atoms with van der Waals surface area (Å²) in [6, 6.07) is 9.57. The van der Waals surface area contributed by atoms with Crippen molar-refractivity contribution in [2.24, 2.45) is 5.92 Å². The van der Waals surface area contributed by atoms with Gasteiger partial charge in [0.05, 0.1) is 16.8 Å². The molecule has 1 amide bonds. The van der Waals surface area contributed by atoms with E-state index in [2.05, 4.69) is 12.2 Å². The van der Waals surface area contributed by atoms with Gasteiger partial charge in [0, 0.05) is 11.4 Å². The zero-order valence-corrected chi connectivity index (χ0v) is 17.7. The first kappa shape index (κ1) is 19.2. The number of carbonyl (C=O) groups excluding carboxylic acids is 1. The van der Waals surface area contributed by atoms with Crippen molar-refractivity contribution in [1.82, 2.24) is 14.9 Å². The number of hydrogen-bond donors (Lipinski definition) is 1. The van der Waals surface area contributed by atoms with Gasteiger partial charge in [-0.3, -0.25) is 14.2 Å². The number of benzene rings is 1. The first-order valence-corrected chi connectivity index (χ1v) is 11.4. The number of para-hydroxylation sites is 1. The lowest BCUT2D eigenvalue weighted by Crippen LogP contribution is -2.26. The summed E-state index contributed by atoms with van der Waals surface area (Å²) >= 11 is 2.95. The number of carbonyl (C=O) groups is 1. The van der Waals surface area contributed by atoms with E-state index < -0.39 is 0 Å². The first-order valence-electron chi connectivity index (χ1n) is 9.60. The minimum absolute atomic E-state index is 0.0262. The monoisotopic (exact) mass is 413 g/mol. The second-order valence-electron chi connectivity index (χ2n) is 7.14. The lowest BCUT2D eigenvalue weighted by atomic mass is 9.89. The summed E-state index contributed by atoms with van der Waals surface area (Å²) in [7, 11) is 0. The highest BCUT2D eigenvalue weighted by Gasteiger charge is 2.25. The van der Waals surface area contributed by atoms with E-state index in [1.807, 2.05) is 37.3 Å². The lowest BCUT2D eigenvalue weighted by Gasteiger charge is -2.17. The van der Waals surface area contributed by atoms with Crippen LogP contribution in [0.1, 0.15) is 30.7 Å². The zero-order chi connectivity index (χ0) is 19.7. The molecular formula is C21H23N3O2S2. The molecule has 1 aromatic carbocycles. The number of aromatic nitrogens is 2. The van der Waals surface area contributed by atoms with Crippen LogP contribution in [0.2, 0.25) is 0 Å². The Labute approximate surface area is 172 Å². The molecule has 0 aliphatic heterocycles. The molecule has 1 aliphatic rings. The minimum Gasteiger partial charge on any atom is -0.356 e. The lowest BCUT2D eigenvalue weighted by molar-refractivity contribution is -0.118. The number of nitrogens with zero attached hydrogens (tertiary/aromatic N) is 2. The van der Waals surface area contributed by atoms with Crippen LogP contribution in [0.4, 0.5) is 0 Å². The van der Waals surface area contributed by atoms with Gasteiger partial charge < -0.3 is 5.32 Å². The third-order valence-corrected chi connectivity index (χ3v) is 7.11. The van der Waals surface area contributed by atoms with Gasteiger partial charge in [0.25, 0.3) is 5.56 Å². The standard InChI is InChI=1S/C21H23N3O2S2/c1-3-22-17(25)12-27-21-23-19-18(15-10-9-13(2)11-16(15)28-19)20(26)24(21)14-7-5-4-6-8-14/h4-8,13H,3,9-12H2,1-2H3,(H,22,25)/t13-/m0/s1. The zero-order valence-electron chi connectivity index (χ0n) is 16.0. The van der Waals surface area contributed by atoms with Gasteiger partial charge in [0.2, 0.25) is 5.91 Å². The van der Waals surface area contributed by atoms with E-state index >= 15 is 0 Å². The molecular weight excluding hydrogens is 390 g/mol. The summed E-state index contributed by atoms with van der Waals surface area (Å²) in [5.41, 5.74) is 1.94. The van der Waals surface area contributed by atoms with E-state index in [1.165, 1.54) is 22.2 Å². The Bertz CT molecular complexity index is 1070. The van der Waals surface area contributed by atoms with Crippen LogP contribution in [-0.4, -0.2) is 27.8 Å². The van der Waals surface area contributed by atoms with Crippen LogP contribution < -0.4 is 10.9 Å². The normalized spacial score (nSPS) is 16.1. The highest BCUT2D eigenvalue weighted by Crippen LogP contribution is 2.36. The summed E-state index contributed by atoms with van der Waals surface area (Å²) < 4.78 is 1.66. The fourth-order valence-corrected chi connectivity index (χ4v) is 5.92. The summed E-state index contributed by atoms with van der Waals surface area (Å²) in [5, 5.41) is 4.13. The topological polar surface area (TPSA) is 64.0 Å². The number of thiophene rings is 1. The van der Waals surface area contributed by atoms with Crippen molar-refractivity contribution in [2.75, 3.05) is 12.3 Å². The van der Waals surface area contributed by atoms with Crippen LogP contribution in [0.5, 0.6) is 0 Å². The molecule has 3 aromatic rings. The highest BCUT2D eigenvalue weighted by molar-refractivity contribution is 7.99. The van der Waals surface area contributed by atoms with Crippen molar-refractivity contribution in [3.63, 3.8) is 0 Å². The maximum Gasteiger partial charge on any atom is 0.267 e. The average Bonchev–Trinajstić information content (AvgIpc) is 3.04. The van der Waals surface area contributed by atoms with Crippen LogP contribution in [0.15, 0.2) is 40.3 Å². The molecule has 2 aromatic heterocycles. The molecule has 0 saturated heterocycles. The average molecular weight is 414 g/mol. The molecule has 2 heterocycles. The van der Waals surface area contributed by atoms with Crippen LogP contribution in [0.25, 0.3) is 15.9 Å². The molecule has 0 bridgehead atoms. The molecule has 28 heavy (non-hydrogen) atoms. The predicted octanol–water partition coefficient (Wildman–Crippen LogP) is 3.80. The number of thioether (sulfide) groups is 1. The molecule has 1 atom stereocenters. The van der Waals surface area contributed by atoms with E-state index in [9.17, 15) is 9.59 Å². The molecule has 4 rings (SSSR count). The fourth-order valence-electron chi connectivity index (χ4n) is 3.65. The van der Waals surface area contributed by atoms with Gasteiger partial charge in [0.1, 0.15) is 4.83 Å². The van der Waals surface area contributed by atoms with Crippen molar-refractivity contribution in [1.29, 1.82) is 0 Å². The smallest absolute Gasteiger partial charge is 0.267 e. The van der Waals surface area contributed by atoms with Crippen molar-refractivity contribution in [3.8, 4) is 5.69 Å². The molecule has 0 saturated carbocycles. The van der Waals surface area contributed by atoms with Gasteiger partial charge in [-0.25, -0.2) is 4.98 Å². The van der Waals surface area contributed by atoms with Gasteiger partial charge in [-0.05, 0) is 49.8 Å². The quantitative estimate of drug-likeness (QED) is 0.510. The van der Waals surface area contributed by atoms with Gasteiger partial charge >= 0.3 is 0 Å². The Morgan fingerprint density at radius 3 is 2.89 bits per heavy atom. The molecule has 0 radical (unpaired) electrons. The van der Waals surface area contributed by atoms with Crippen molar-refractivity contribution < 1.29 is 4.79 Å². The van der Waals surface area contributed by atoms with E-state index in [1.54, 1.807) is 15.9 Å². The van der Waals surface area contributed by atoms with Crippen LogP contribution in [0, 0.1) is 5.92 Å². The van der Waals surface area contributed by atoms with Gasteiger partial charge in [-0.1, -0.05) is 36.9 Å². The van der Waals surface area contributed by atoms with Crippen LogP contribution in [0.3, 0.4) is 0 Å². The molecule has 7 heteroatoms. The number of aryl methyl sites for hydroxylation is 1. The van der Waals surface area contributed by atoms with E-state index in [0.29, 0.717) is 17.6 Å². The largest absolute Gasteiger partial charge is 0.356 e. The first-order chi connectivity index (χ1) is 13.6.